The van der Waals surface area contributed by atoms with Crippen molar-refractivity contribution >= 4 is 11.6 Å². The minimum atomic E-state index is -0.676. The van der Waals surface area contributed by atoms with Crippen LogP contribution in [0.5, 0.6) is 11.5 Å². The van der Waals surface area contributed by atoms with Gasteiger partial charge in [0.1, 0.15) is 48.6 Å². The van der Waals surface area contributed by atoms with Crippen molar-refractivity contribution in [2.75, 3.05) is 36.9 Å². The number of aromatic nitrogens is 2. The first kappa shape index (κ1) is 21.4. The number of pyridine rings is 2. The molecule has 0 aliphatic carbocycles. The van der Waals surface area contributed by atoms with E-state index >= 15 is 0 Å². The summed E-state index contributed by atoms with van der Waals surface area (Å²) < 4.78 is 11.2. The molecular formula is C22H26N4O4. The molecular weight excluding hydrogens is 384 g/mol. The monoisotopic (exact) mass is 410 g/mol. The van der Waals surface area contributed by atoms with E-state index in [9.17, 15) is 10.2 Å². The van der Waals surface area contributed by atoms with E-state index in [0.717, 1.165) is 0 Å². The van der Waals surface area contributed by atoms with Crippen molar-refractivity contribution in [2.24, 2.45) is 0 Å². The molecule has 0 unspecified atom stereocenters. The maximum Gasteiger partial charge on any atom is 0.125 e. The predicted molar refractivity (Wildman–Crippen MR) is 115 cm³/mol. The van der Waals surface area contributed by atoms with Crippen molar-refractivity contribution in [3.8, 4) is 11.5 Å². The van der Waals surface area contributed by atoms with E-state index < -0.39 is 12.2 Å². The van der Waals surface area contributed by atoms with Crippen LogP contribution in [0.15, 0.2) is 73.1 Å². The average molecular weight is 410 g/mol. The van der Waals surface area contributed by atoms with Gasteiger partial charge in [0.2, 0.25) is 0 Å². The van der Waals surface area contributed by atoms with Crippen LogP contribution in [0, 0.1) is 0 Å². The molecule has 2 aromatic heterocycles. The fourth-order valence-electron chi connectivity index (χ4n) is 2.51. The van der Waals surface area contributed by atoms with Gasteiger partial charge >= 0.3 is 0 Å². The molecule has 0 saturated carbocycles. The van der Waals surface area contributed by atoms with E-state index in [1.54, 1.807) is 36.7 Å². The summed E-state index contributed by atoms with van der Waals surface area (Å²) in [5, 5.41) is 26.1. The van der Waals surface area contributed by atoms with E-state index in [4.69, 9.17) is 9.47 Å². The van der Waals surface area contributed by atoms with Gasteiger partial charge in [0, 0.05) is 25.5 Å². The minimum absolute atomic E-state index is 0.151. The van der Waals surface area contributed by atoms with Crippen molar-refractivity contribution in [2.45, 2.75) is 12.2 Å². The van der Waals surface area contributed by atoms with Crippen molar-refractivity contribution in [1.29, 1.82) is 0 Å². The van der Waals surface area contributed by atoms with Crippen molar-refractivity contribution in [3.63, 3.8) is 0 Å². The molecule has 0 spiro atoms. The first-order valence-corrected chi connectivity index (χ1v) is 9.70. The van der Waals surface area contributed by atoms with Gasteiger partial charge in [-0.2, -0.15) is 0 Å². The number of aliphatic hydroxyl groups excluding tert-OH is 2. The number of nitrogens with zero attached hydrogens (tertiary/aromatic N) is 2. The van der Waals surface area contributed by atoms with Crippen molar-refractivity contribution < 1.29 is 19.7 Å². The van der Waals surface area contributed by atoms with Gasteiger partial charge in [-0.15, -0.1) is 0 Å². The van der Waals surface area contributed by atoms with Crippen LogP contribution in [0.4, 0.5) is 11.6 Å². The lowest BCUT2D eigenvalue weighted by Crippen LogP contribution is -2.26. The van der Waals surface area contributed by atoms with Crippen LogP contribution in [0.25, 0.3) is 0 Å². The molecule has 0 amide bonds. The van der Waals surface area contributed by atoms with Crippen LogP contribution in [-0.4, -0.2) is 58.7 Å². The Balaban J connectivity index is 1.33. The second-order valence-corrected chi connectivity index (χ2v) is 6.59. The molecule has 2 atom stereocenters. The number of anilines is 2. The fraction of sp³-hybridized carbons (Fsp3) is 0.273. The van der Waals surface area contributed by atoms with Gasteiger partial charge in [0.15, 0.2) is 0 Å². The highest BCUT2D eigenvalue weighted by Gasteiger charge is 2.08. The van der Waals surface area contributed by atoms with Gasteiger partial charge in [-0.3, -0.25) is 0 Å². The van der Waals surface area contributed by atoms with Crippen LogP contribution in [0.1, 0.15) is 0 Å². The molecule has 3 rings (SSSR count). The van der Waals surface area contributed by atoms with Crippen LogP contribution in [0.3, 0.4) is 0 Å². The molecule has 158 valence electrons. The lowest BCUT2D eigenvalue weighted by atomic mass is 10.3. The zero-order valence-electron chi connectivity index (χ0n) is 16.5. The summed E-state index contributed by atoms with van der Waals surface area (Å²) in [6, 6.07) is 18.1. The quantitative estimate of drug-likeness (QED) is 0.360. The van der Waals surface area contributed by atoms with Gasteiger partial charge in [-0.05, 0) is 48.5 Å². The Morgan fingerprint density at radius 3 is 1.47 bits per heavy atom. The summed E-state index contributed by atoms with van der Waals surface area (Å²) in [5.74, 6) is 2.65. The summed E-state index contributed by atoms with van der Waals surface area (Å²) in [6.07, 6.45) is 2.02. The van der Waals surface area contributed by atoms with Crippen LogP contribution in [0.2, 0.25) is 0 Å². The molecule has 0 saturated heterocycles. The molecule has 8 heteroatoms. The third-order valence-electron chi connectivity index (χ3n) is 4.08. The van der Waals surface area contributed by atoms with Gasteiger partial charge < -0.3 is 30.3 Å². The van der Waals surface area contributed by atoms with Crippen LogP contribution in [-0.2, 0) is 0 Å². The number of hydrogen-bond donors (Lipinski definition) is 4. The van der Waals surface area contributed by atoms with Gasteiger partial charge in [0.05, 0.1) is 0 Å². The first-order valence-electron chi connectivity index (χ1n) is 9.70. The number of benzene rings is 1. The lowest BCUT2D eigenvalue weighted by molar-refractivity contribution is 0.115. The number of aliphatic hydroxyl groups is 2. The van der Waals surface area contributed by atoms with Crippen LogP contribution < -0.4 is 20.1 Å². The highest BCUT2D eigenvalue weighted by atomic mass is 16.5. The second kappa shape index (κ2) is 11.6. The van der Waals surface area contributed by atoms with E-state index in [2.05, 4.69) is 20.6 Å². The van der Waals surface area contributed by atoms with Crippen LogP contribution >= 0.6 is 0 Å². The van der Waals surface area contributed by atoms with Gasteiger partial charge in [0.25, 0.3) is 0 Å². The molecule has 4 N–H and O–H groups in total. The predicted octanol–water partition coefficient (Wildman–Crippen LogP) is 2.18. The number of rotatable bonds is 12. The Hall–Kier alpha value is -3.36. The summed E-state index contributed by atoms with van der Waals surface area (Å²) in [5.41, 5.74) is 0. The van der Waals surface area contributed by atoms with Gasteiger partial charge in [-0.1, -0.05) is 12.1 Å². The zero-order valence-corrected chi connectivity index (χ0v) is 16.5. The smallest absolute Gasteiger partial charge is 0.125 e. The second-order valence-electron chi connectivity index (χ2n) is 6.59. The van der Waals surface area contributed by atoms with E-state index in [1.807, 2.05) is 36.4 Å². The third kappa shape index (κ3) is 7.57. The maximum absolute atomic E-state index is 10.0. The van der Waals surface area contributed by atoms with Gasteiger partial charge in [-0.25, -0.2) is 9.97 Å². The largest absolute Gasteiger partial charge is 0.491 e. The highest BCUT2D eigenvalue weighted by molar-refractivity contribution is 5.34. The van der Waals surface area contributed by atoms with E-state index in [-0.39, 0.29) is 13.2 Å². The Bertz CT molecular complexity index is 778. The Kier molecular flexibility index (Phi) is 8.25. The summed E-state index contributed by atoms with van der Waals surface area (Å²) in [4.78, 5) is 8.27. The minimum Gasteiger partial charge on any atom is -0.491 e. The molecule has 0 fully saturated rings. The molecule has 30 heavy (non-hydrogen) atoms. The Morgan fingerprint density at radius 2 is 1.10 bits per heavy atom. The summed E-state index contributed by atoms with van der Waals surface area (Å²) in [6.45, 7) is 0.973. The van der Waals surface area contributed by atoms with E-state index in [0.29, 0.717) is 36.2 Å². The summed E-state index contributed by atoms with van der Waals surface area (Å²) in [7, 11) is 0. The number of ether oxygens (including phenoxy) is 2. The zero-order chi connectivity index (χ0) is 21.0. The van der Waals surface area contributed by atoms with E-state index in [1.165, 1.54) is 0 Å². The molecule has 0 bridgehead atoms. The normalized spacial score (nSPS) is 12.6. The number of hydrogen-bond acceptors (Lipinski definition) is 8. The third-order valence-corrected chi connectivity index (χ3v) is 4.08. The molecule has 0 aliphatic heterocycles. The standard InChI is InChI=1S/C22H26N4O4/c27-17(13-25-21-5-1-3-11-23-21)15-29-19-7-9-20(10-8-19)30-16-18(28)14-26-22-6-2-4-12-24-22/h1-12,17-18,27-28H,13-16H2,(H,23,25)(H,24,26)/t17-,18-/m0/s1. The maximum atomic E-state index is 10.0. The average Bonchev–Trinajstić information content (AvgIpc) is 2.80. The Labute approximate surface area is 175 Å². The fourth-order valence-corrected chi connectivity index (χ4v) is 2.51. The molecule has 2 heterocycles. The van der Waals surface area contributed by atoms with Crippen molar-refractivity contribution in [3.05, 3.63) is 73.1 Å². The molecule has 1 aromatic carbocycles. The van der Waals surface area contributed by atoms with Crippen molar-refractivity contribution in [1.82, 2.24) is 9.97 Å². The lowest BCUT2D eigenvalue weighted by Gasteiger charge is -2.15. The molecule has 3 aromatic rings. The number of nitrogens with one attached hydrogen (secondary N) is 2. The SMILES string of the molecule is O[C@@H](CNc1ccccn1)COc1ccc(OC[C@@H](O)CNc2ccccn2)cc1. The first-order chi connectivity index (χ1) is 14.7. The molecule has 0 aliphatic rings. The Morgan fingerprint density at radius 1 is 0.667 bits per heavy atom. The molecule has 8 nitrogen and oxygen atoms in total. The molecule has 0 radical (unpaired) electrons. The highest BCUT2D eigenvalue weighted by Crippen LogP contribution is 2.18. The summed E-state index contributed by atoms with van der Waals surface area (Å²) >= 11 is 0. The topological polar surface area (TPSA) is 109 Å².